The summed E-state index contributed by atoms with van der Waals surface area (Å²) in [7, 11) is 0. The van der Waals surface area contributed by atoms with Crippen molar-refractivity contribution < 1.29 is 9.50 Å². The Kier molecular flexibility index (Phi) is 7.37. The van der Waals surface area contributed by atoms with Crippen molar-refractivity contribution in [2.24, 2.45) is 4.99 Å². The van der Waals surface area contributed by atoms with E-state index >= 15 is 0 Å². The summed E-state index contributed by atoms with van der Waals surface area (Å²) in [6, 6.07) is 6.80. The van der Waals surface area contributed by atoms with Gasteiger partial charge in [0.2, 0.25) is 0 Å². The van der Waals surface area contributed by atoms with E-state index < -0.39 is 0 Å². The molecule has 1 aromatic carbocycles. The second-order valence-electron chi connectivity index (χ2n) is 5.14. The highest BCUT2D eigenvalue weighted by molar-refractivity contribution is 14.0. The molecule has 0 bridgehead atoms. The minimum Gasteiger partial charge on any atom is -0.395 e. The maximum Gasteiger partial charge on any atom is 0.191 e. The third kappa shape index (κ3) is 5.10. The van der Waals surface area contributed by atoms with Crippen LogP contribution in [0.1, 0.15) is 25.3 Å². The highest BCUT2D eigenvalue weighted by Gasteiger charge is 2.44. The molecule has 4 nitrogen and oxygen atoms in total. The van der Waals surface area contributed by atoms with Crippen molar-refractivity contribution in [3.05, 3.63) is 35.6 Å². The van der Waals surface area contributed by atoms with Gasteiger partial charge in [-0.05, 0) is 37.5 Å². The number of rotatable bonds is 6. The van der Waals surface area contributed by atoms with Crippen LogP contribution >= 0.6 is 24.0 Å². The largest absolute Gasteiger partial charge is 0.395 e. The number of aliphatic imine (C=N–C) groups is 1. The molecule has 1 saturated carbocycles. The van der Waals surface area contributed by atoms with E-state index in [1.54, 1.807) is 12.1 Å². The molecule has 3 N–H and O–H groups in total. The zero-order valence-corrected chi connectivity index (χ0v) is 14.6. The molecule has 0 atom stereocenters. The lowest BCUT2D eigenvalue weighted by atomic mass is 9.96. The molecule has 0 aliphatic heterocycles. The zero-order valence-electron chi connectivity index (χ0n) is 12.2. The van der Waals surface area contributed by atoms with E-state index in [0.717, 1.165) is 24.9 Å². The predicted molar refractivity (Wildman–Crippen MR) is 93.8 cm³/mol. The molecule has 1 aliphatic rings. The van der Waals surface area contributed by atoms with Gasteiger partial charge in [0.05, 0.1) is 13.2 Å². The smallest absolute Gasteiger partial charge is 0.191 e. The minimum atomic E-state index is -0.192. The monoisotopic (exact) mass is 407 g/mol. The topological polar surface area (TPSA) is 56.7 Å². The van der Waals surface area contributed by atoms with Gasteiger partial charge in [0.25, 0.3) is 0 Å². The van der Waals surface area contributed by atoms with Crippen molar-refractivity contribution in [2.75, 3.05) is 26.2 Å². The van der Waals surface area contributed by atoms with E-state index in [9.17, 15) is 4.39 Å². The molecule has 2 rings (SSSR count). The van der Waals surface area contributed by atoms with Gasteiger partial charge in [0, 0.05) is 18.5 Å². The molecule has 6 heteroatoms. The summed E-state index contributed by atoms with van der Waals surface area (Å²) in [4.78, 5) is 4.55. The molecule has 1 fully saturated rings. The third-order valence-corrected chi connectivity index (χ3v) is 3.58. The Morgan fingerprint density at radius 2 is 2.14 bits per heavy atom. The van der Waals surface area contributed by atoms with Gasteiger partial charge >= 0.3 is 0 Å². The molecule has 21 heavy (non-hydrogen) atoms. The number of guanidine groups is 1. The highest BCUT2D eigenvalue weighted by atomic mass is 127. The first-order valence-electron chi connectivity index (χ1n) is 7.09. The Labute approximate surface area is 142 Å². The van der Waals surface area contributed by atoms with Crippen molar-refractivity contribution in [3.8, 4) is 0 Å². The summed E-state index contributed by atoms with van der Waals surface area (Å²) in [5.41, 5.74) is 1.02. The zero-order chi connectivity index (χ0) is 14.4. The summed E-state index contributed by atoms with van der Waals surface area (Å²) in [5.74, 6) is 0.507. The Morgan fingerprint density at radius 1 is 1.38 bits per heavy atom. The summed E-state index contributed by atoms with van der Waals surface area (Å²) in [6.45, 7) is 3.94. The Balaban J connectivity index is 0.00000220. The fourth-order valence-corrected chi connectivity index (χ4v) is 2.25. The quantitative estimate of drug-likeness (QED) is 0.384. The number of hydrogen-bond donors (Lipinski definition) is 3. The van der Waals surface area contributed by atoms with Crippen LogP contribution in [0.4, 0.5) is 4.39 Å². The van der Waals surface area contributed by atoms with Crippen LogP contribution < -0.4 is 10.6 Å². The summed E-state index contributed by atoms with van der Waals surface area (Å²) < 4.78 is 13.3. The predicted octanol–water partition coefficient (Wildman–Crippen LogP) is 2.02. The van der Waals surface area contributed by atoms with Gasteiger partial charge < -0.3 is 15.7 Å². The van der Waals surface area contributed by atoms with Gasteiger partial charge in [-0.1, -0.05) is 12.1 Å². The summed E-state index contributed by atoms with van der Waals surface area (Å²) in [5, 5.41) is 15.0. The average molecular weight is 407 g/mol. The standard InChI is InChI=1S/C15H22FN3O.HI/c1-2-17-14(18-8-9-20)19-11-15(6-7-15)12-4-3-5-13(16)10-12;/h3-5,10,20H,2,6-9,11H2,1H3,(H2,17,18,19);1H. The number of nitrogens with one attached hydrogen (secondary N) is 2. The van der Waals surface area contributed by atoms with E-state index in [2.05, 4.69) is 15.6 Å². The second kappa shape index (κ2) is 8.53. The molecule has 1 aliphatic carbocycles. The van der Waals surface area contributed by atoms with Gasteiger partial charge in [0.15, 0.2) is 5.96 Å². The van der Waals surface area contributed by atoms with Gasteiger partial charge in [-0.2, -0.15) is 0 Å². The number of nitrogens with zero attached hydrogens (tertiary/aromatic N) is 1. The number of aliphatic hydroxyl groups excluding tert-OH is 1. The molecule has 0 aromatic heterocycles. The van der Waals surface area contributed by atoms with Crippen LogP contribution in [0.15, 0.2) is 29.3 Å². The number of halogens is 2. The Bertz CT molecular complexity index is 478. The SMILES string of the molecule is CCNC(=NCC1(c2cccc(F)c2)CC1)NCCO.I. The van der Waals surface area contributed by atoms with Gasteiger partial charge in [-0.3, -0.25) is 4.99 Å². The molecule has 0 unspecified atom stereocenters. The number of hydrogen-bond acceptors (Lipinski definition) is 2. The molecular formula is C15H23FIN3O. The minimum absolute atomic E-state index is 0. The summed E-state index contributed by atoms with van der Waals surface area (Å²) in [6.07, 6.45) is 2.08. The molecule has 0 heterocycles. The molecule has 1 aromatic rings. The molecule has 0 saturated heterocycles. The van der Waals surface area contributed by atoms with Crippen molar-refractivity contribution >= 4 is 29.9 Å². The van der Waals surface area contributed by atoms with Gasteiger partial charge in [-0.15, -0.1) is 24.0 Å². The van der Waals surface area contributed by atoms with Crippen LogP contribution in [-0.4, -0.2) is 37.3 Å². The molecule has 0 amide bonds. The second-order valence-corrected chi connectivity index (χ2v) is 5.14. The first-order chi connectivity index (χ1) is 9.70. The normalized spacial score (nSPS) is 16.0. The van der Waals surface area contributed by atoms with Crippen molar-refractivity contribution in [2.45, 2.75) is 25.2 Å². The fraction of sp³-hybridized carbons (Fsp3) is 0.533. The highest BCUT2D eigenvalue weighted by Crippen LogP contribution is 2.48. The lowest BCUT2D eigenvalue weighted by Crippen LogP contribution is -2.39. The number of benzene rings is 1. The van der Waals surface area contributed by atoms with E-state index in [4.69, 9.17) is 5.11 Å². The van der Waals surface area contributed by atoms with Crippen LogP contribution in [0.3, 0.4) is 0 Å². The van der Waals surface area contributed by atoms with Crippen LogP contribution in [0.5, 0.6) is 0 Å². The first kappa shape index (κ1) is 18.2. The molecule has 0 radical (unpaired) electrons. The number of aliphatic hydroxyl groups is 1. The van der Waals surface area contributed by atoms with Crippen molar-refractivity contribution in [3.63, 3.8) is 0 Å². The fourth-order valence-electron chi connectivity index (χ4n) is 2.25. The van der Waals surface area contributed by atoms with E-state index in [1.807, 2.05) is 13.0 Å². The van der Waals surface area contributed by atoms with E-state index in [-0.39, 0.29) is 41.8 Å². The maximum atomic E-state index is 13.3. The van der Waals surface area contributed by atoms with Crippen molar-refractivity contribution in [1.29, 1.82) is 0 Å². The Morgan fingerprint density at radius 3 is 2.71 bits per heavy atom. The van der Waals surface area contributed by atoms with Gasteiger partial charge in [0.1, 0.15) is 5.82 Å². The average Bonchev–Trinajstić information content (AvgIpc) is 3.23. The van der Waals surface area contributed by atoms with Crippen LogP contribution in [0, 0.1) is 5.82 Å². The molecule has 0 spiro atoms. The third-order valence-electron chi connectivity index (χ3n) is 3.58. The lowest BCUT2D eigenvalue weighted by Gasteiger charge is -2.15. The molecular weight excluding hydrogens is 384 g/mol. The first-order valence-corrected chi connectivity index (χ1v) is 7.09. The summed E-state index contributed by atoms with van der Waals surface area (Å²) >= 11 is 0. The van der Waals surface area contributed by atoms with Crippen LogP contribution in [0.25, 0.3) is 0 Å². The van der Waals surface area contributed by atoms with E-state index in [1.165, 1.54) is 6.07 Å². The van der Waals surface area contributed by atoms with E-state index in [0.29, 0.717) is 19.0 Å². The Hall–Kier alpha value is -0.890. The maximum absolute atomic E-state index is 13.3. The van der Waals surface area contributed by atoms with Gasteiger partial charge in [-0.25, -0.2) is 4.39 Å². The van der Waals surface area contributed by atoms with Crippen LogP contribution in [0.2, 0.25) is 0 Å². The van der Waals surface area contributed by atoms with Crippen LogP contribution in [-0.2, 0) is 5.41 Å². The molecule has 118 valence electrons. The lowest BCUT2D eigenvalue weighted by molar-refractivity contribution is 0.300. The van der Waals surface area contributed by atoms with Crippen molar-refractivity contribution in [1.82, 2.24) is 10.6 Å².